The van der Waals surface area contributed by atoms with E-state index < -0.39 is 27.7 Å². The molecule has 10 nitrogen and oxygen atoms in total. The van der Waals surface area contributed by atoms with E-state index in [2.05, 4.69) is 46.9 Å². The molecule has 0 spiro atoms. The second-order valence-electron chi connectivity index (χ2n) is 15.4. The van der Waals surface area contributed by atoms with Crippen molar-refractivity contribution in [1.29, 1.82) is 0 Å². The van der Waals surface area contributed by atoms with Gasteiger partial charge in [-0.15, -0.1) is 0 Å². The van der Waals surface area contributed by atoms with Gasteiger partial charge in [-0.2, -0.15) is 0 Å². The SMILES string of the molecule is CCc1c2c(nc3ccc(O[Si](C)(C)C(C)(C)C)cc13)-c1cc3c(c(=O)n1C2)COC(=O)C3(CC)OP(=O)(OCc1ccccc1)OCc1ccccc1. The highest BCUT2D eigenvalue weighted by Gasteiger charge is 2.53. The molecule has 4 heterocycles. The van der Waals surface area contributed by atoms with Crippen molar-refractivity contribution in [3.8, 4) is 17.1 Å². The molecular formula is C42H47N2O8PSi. The number of fused-ring (bicyclic) bond motifs is 5. The van der Waals surface area contributed by atoms with Crippen molar-refractivity contribution in [2.45, 2.75) is 97.6 Å². The van der Waals surface area contributed by atoms with Gasteiger partial charge in [-0.25, -0.2) is 14.3 Å². The van der Waals surface area contributed by atoms with Crippen LogP contribution in [0.15, 0.2) is 89.7 Å². The van der Waals surface area contributed by atoms with Gasteiger partial charge in [0.2, 0.25) is 13.9 Å². The molecule has 2 aromatic heterocycles. The van der Waals surface area contributed by atoms with Crippen LogP contribution in [0.4, 0.5) is 0 Å². The molecule has 54 heavy (non-hydrogen) atoms. The summed E-state index contributed by atoms with van der Waals surface area (Å²) in [6.07, 6.45) is 0.696. The van der Waals surface area contributed by atoms with Crippen LogP contribution in [-0.2, 0) is 66.1 Å². The predicted molar refractivity (Wildman–Crippen MR) is 211 cm³/mol. The Kier molecular flexibility index (Phi) is 10.1. The number of benzene rings is 3. The van der Waals surface area contributed by atoms with Crippen LogP contribution in [0.3, 0.4) is 0 Å². The molecule has 0 saturated carbocycles. The smallest absolute Gasteiger partial charge is 0.476 e. The molecular weight excluding hydrogens is 720 g/mol. The number of ether oxygens (including phenoxy) is 1. The largest absolute Gasteiger partial charge is 0.543 e. The summed E-state index contributed by atoms with van der Waals surface area (Å²) < 4.78 is 46.9. The number of aryl methyl sites for hydroxylation is 1. The van der Waals surface area contributed by atoms with Crippen LogP contribution in [0.5, 0.6) is 5.75 Å². The Hall–Kier alpha value is -4.38. The Morgan fingerprint density at radius 3 is 2.09 bits per heavy atom. The van der Waals surface area contributed by atoms with Gasteiger partial charge in [0.1, 0.15) is 12.4 Å². The number of cyclic esters (lactones) is 1. The van der Waals surface area contributed by atoms with Crippen LogP contribution in [-0.4, -0.2) is 23.8 Å². The molecule has 1 unspecified atom stereocenters. The molecule has 0 amide bonds. The molecule has 2 aliphatic heterocycles. The van der Waals surface area contributed by atoms with Crippen molar-refractivity contribution in [3.63, 3.8) is 0 Å². The Balaban J connectivity index is 1.31. The van der Waals surface area contributed by atoms with Crippen LogP contribution in [0.2, 0.25) is 18.1 Å². The number of carbonyl (C=O) groups excluding carboxylic acids is 1. The van der Waals surface area contributed by atoms with Crippen molar-refractivity contribution >= 4 is 33.0 Å². The summed E-state index contributed by atoms with van der Waals surface area (Å²) in [4.78, 5) is 33.5. The van der Waals surface area contributed by atoms with Crippen molar-refractivity contribution in [1.82, 2.24) is 9.55 Å². The minimum atomic E-state index is -4.50. The Morgan fingerprint density at radius 1 is 0.889 bits per heavy atom. The summed E-state index contributed by atoms with van der Waals surface area (Å²) in [6.45, 7) is 14.8. The summed E-state index contributed by atoms with van der Waals surface area (Å²) in [5, 5.41) is 1.02. The maximum absolute atomic E-state index is 14.7. The second kappa shape index (κ2) is 14.4. The topological polar surface area (TPSA) is 115 Å². The molecule has 1 atom stereocenters. The van der Waals surface area contributed by atoms with E-state index in [0.717, 1.165) is 38.9 Å². The van der Waals surface area contributed by atoms with Crippen LogP contribution >= 0.6 is 7.82 Å². The molecule has 282 valence electrons. The number of hydrogen-bond acceptors (Lipinski definition) is 9. The monoisotopic (exact) mass is 766 g/mol. The first-order valence-corrected chi connectivity index (χ1v) is 22.8. The molecule has 2 aliphatic rings. The van der Waals surface area contributed by atoms with E-state index in [-0.39, 0.29) is 48.0 Å². The lowest BCUT2D eigenvalue weighted by atomic mass is 9.86. The highest BCUT2D eigenvalue weighted by molar-refractivity contribution is 7.48. The van der Waals surface area contributed by atoms with Crippen LogP contribution in [0.25, 0.3) is 22.3 Å². The van der Waals surface area contributed by atoms with E-state index in [1.165, 1.54) is 0 Å². The number of carbonyl (C=O) groups is 1. The normalized spacial score (nSPS) is 16.8. The van der Waals surface area contributed by atoms with Gasteiger partial charge in [-0.3, -0.25) is 18.4 Å². The van der Waals surface area contributed by atoms with Gasteiger partial charge < -0.3 is 13.7 Å². The Bertz CT molecular complexity index is 2290. The third kappa shape index (κ3) is 6.88. The third-order valence-corrected chi connectivity index (χ3v) is 16.8. The average molecular weight is 767 g/mol. The zero-order valence-electron chi connectivity index (χ0n) is 31.9. The Morgan fingerprint density at radius 2 is 1.52 bits per heavy atom. The standard InChI is InChI=1S/C42H47N2O8PSi/c1-8-31-32-22-30(51-54(6,7)41(3,4)5)20-21-36(32)43-38-33(31)24-44-37(38)23-35-34(39(44)45)27-48-40(46)42(35,9-2)52-53(47,49-25-28-16-12-10-13-17-28)50-26-29-18-14-11-15-19-29/h10-23H,8-9,24-27H2,1-7H3. The number of pyridine rings is 2. The van der Waals surface area contributed by atoms with E-state index in [1.807, 2.05) is 72.8 Å². The van der Waals surface area contributed by atoms with Gasteiger partial charge in [0.05, 0.1) is 42.2 Å². The molecule has 12 heteroatoms. The van der Waals surface area contributed by atoms with Gasteiger partial charge in [-0.1, -0.05) is 95.3 Å². The number of hydrogen-bond donors (Lipinski definition) is 0. The van der Waals surface area contributed by atoms with Gasteiger partial charge in [-0.05, 0) is 71.9 Å². The summed E-state index contributed by atoms with van der Waals surface area (Å²) in [5.74, 6) is 0.0320. The third-order valence-electron chi connectivity index (χ3n) is 11.0. The Labute approximate surface area is 317 Å². The number of phosphoric acid groups is 1. The summed E-state index contributed by atoms with van der Waals surface area (Å²) in [7, 11) is -6.60. The highest BCUT2D eigenvalue weighted by Crippen LogP contribution is 2.58. The number of esters is 1. The van der Waals surface area contributed by atoms with E-state index in [0.29, 0.717) is 24.4 Å². The number of rotatable bonds is 12. The fourth-order valence-electron chi connectivity index (χ4n) is 6.93. The highest BCUT2D eigenvalue weighted by atomic mass is 31.2. The lowest BCUT2D eigenvalue weighted by molar-refractivity contribution is -0.171. The molecule has 0 radical (unpaired) electrons. The molecule has 0 bridgehead atoms. The van der Waals surface area contributed by atoms with Gasteiger partial charge in [0, 0.05) is 16.5 Å². The fraction of sp³-hybridized carbons (Fsp3) is 0.357. The van der Waals surface area contributed by atoms with Crippen molar-refractivity contribution in [3.05, 3.63) is 129 Å². The van der Waals surface area contributed by atoms with Crippen LogP contribution in [0, 0.1) is 0 Å². The van der Waals surface area contributed by atoms with E-state index in [4.69, 9.17) is 27.7 Å². The number of nitrogens with zero attached hydrogens (tertiary/aromatic N) is 2. The first kappa shape index (κ1) is 37.9. The van der Waals surface area contributed by atoms with Crippen molar-refractivity contribution in [2.24, 2.45) is 0 Å². The number of aromatic nitrogens is 2. The van der Waals surface area contributed by atoms with Gasteiger partial charge in [0.25, 0.3) is 5.56 Å². The van der Waals surface area contributed by atoms with E-state index >= 15 is 0 Å². The summed E-state index contributed by atoms with van der Waals surface area (Å²) in [6, 6.07) is 26.2. The molecule has 0 N–H and O–H groups in total. The first-order valence-electron chi connectivity index (χ1n) is 18.5. The van der Waals surface area contributed by atoms with Crippen molar-refractivity contribution < 1.29 is 32.1 Å². The van der Waals surface area contributed by atoms with Gasteiger partial charge >= 0.3 is 13.8 Å². The fourth-order valence-corrected chi connectivity index (χ4v) is 9.43. The average Bonchev–Trinajstić information content (AvgIpc) is 3.52. The molecule has 3 aromatic carbocycles. The first-order chi connectivity index (χ1) is 25.7. The zero-order chi connectivity index (χ0) is 38.5. The molecule has 0 saturated heterocycles. The van der Waals surface area contributed by atoms with Crippen LogP contribution < -0.4 is 9.99 Å². The second-order valence-corrected chi connectivity index (χ2v) is 21.8. The molecule has 7 rings (SSSR count). The van der Waals surface area contributed by atoms with E-state index in [1.54, 1.807) is 17.6 Å². The lowest BCUT2D eigenvalue weighted by Gasteiger charge is -2.37. The van der Waals surface area contributed by atoms with Crippen LogP contribution in [0.1, 0.15) is 74.4 Å². The summed E-state index contributed by atoms with van der Waals surface area (Å²) in [5.41, 5.74) is 3.70. The van der Waals surface area contributed by atoms with E-state index in [9.17, 15) is 14.2 Å². The molecule has 5 aromatic rings. The minimum absolute atomic E-state index is 0.00959. The molecule has 0 aliphatic carbocycles. The molecule has 0 fully saturated rings. The summed E-state index contributed by atoms with van der Waals surface area (Å²) >= 11 is 0. The van der Waals surface area contributed by atoms with Gasteiger partial charge in [0.15, 0.2) is 0 Å². The lowest BCUT2D eigenvalue weighted by Crippen LogP contribution is -2.46. The maximum atomic E-state index is 14.7. The minimum Gasteiger partial charge on any atom is -0.543 e. The maximum Gasteiger partial charge on any atom is 0.476 e. The quantitative estimate of drug-likeness (QED) is 0.0682. The zero-order valence-corrected chi connectivity index (χ0v) is 33.8. The predicted octanol–water partition coefficient (Wildman–Crippen LogP) is 9.59. The van der Waals surface area contributed by atoms with Crippen molar-refractivity contribution in [2.75, 3.05) is 0 Å². The number of phosphoric ester groups is 1.